The molecule has 3 aromatic rings. The predicted molar refractivity (Wildman–Crippen MR) is 88.7 cm³/mol. The minimum atomic E-state index is 0.281. The Hall–Kier alpha value is -2.73. The van der Waals surface area contributed by atoms with Crippen molar-refractivity contribution in [3.05, 3.63) is 59.3 Å². The monoisotopic (exact) mass is 330 g/mol. The number of ether oxygens (including phenoxy) is 1. The van der Waals surface area contributed by atoms with Crippen molar-refractivity contribution in [3.8, 4) is 11.6 Å². The number of anilines is 2. The van der Waals surface area contributed by atoms with Crippen LogP contribution in [-0.4, -0.2) is 9.97 Å². The van der Waals surface area contributed by atoms with Crippen molar-refractivity contribution in [1.82, 2.24) is 9.97 Å². The van der Waals surface area contributed by atoms with Crippen LogP contribution in [0.5, 0.6) is 11.6 Å². The summed E-state index contributed by atoms with van der Waals surface area (Å²) in [5, 5.41) is 3.77. The Balaban J connectivity index is 1.77. The number of aryl methyl sites for hydroxylation is 1. The largest absolute Gasteiger partial charge is 0.467 e. The molecule has 0 unspecified atom stereocenters. The topological polar surface area (TPSA) is 86.2 Å². The third-order valence-electron chi connectivity index (χ3n) is 3.20. The molecular weight excluding hydrogens is 316 g/mol. The standard InChI is InChI=1S/C16H15ClN4O2/c1-10-7-11(4-5-13(10)17)23-16-14(18)15(20-9-21-16)19-8-12-3-2-6-22-12/h2-7,9H,8,18H2,1H3,(H,19,20,21). The van der Waals surface area contributed by atoms with Gasteiger partial charge in [0, 0.05) is 5.02 Å². The van der Waals surface area contributed by atoms with Crippen LogP contribution in [0.2, 0.25) is 5.02 Å². The molecule has 23 heavy (non-hydrogen) atoms. The Labute approximate surface area is 138 Å². The summed E-state index contributed by atoms with van der Waals surface area (Å²) in [4.78, 5) is 8.20. The van der Waals surface area contributed by atoms with Gasteiger partial charge >= 0.3 is 0 Å². The molecule has 0 atom stereocenters. The van der Waals surface area contributed by atoms with Gasteiger partial charge in [0.25, 0.3) is 0 Å². The van der Waals surface area contributed by atoms with Gasteiger partial charge in [0.1, 0.15) is 23.5 Å². The number of hydrogen-bond donors (Lipinski definition) is 2. The van der Waals surface area contributed by atoms with E-state index in [0.717, 1.165) is 11.3 Å². The lowest BCUT2D eigenvalue weighted by Crippen LogP contribution is -2.06. The van der Waals surface area contributed by atoms with E-state index in [1.165, 1.54) is 6.33 Å². The van der Waals surface area contributed by atoms with Crippen LogP contribution in [0.3, 0.4) is 0 Å². The van der Waals surface area contributed by atoms with Gasteiger partial charge in [0.05, 0.1) is 12.8 Å². The van der Waals surface area contributed by atoms with Crippen molar-refractivity contribution in [2.24, 2.45) is 0 Å². The first-order valence-corrected chi connectivity index (χ1v) is 7.32. The van der Waals surface area contributed by atoms with E-state index in [1.807, 2.05) is 25.1 Å². The lowest BCUT2D eigenvalue weighted by Gasteiger charge is -2.11. The number of halogens is 1. The quantitative estimate of drug-likeness (QED) is 0.734. The molecule has 6 nitrogen and oxygen atoms in total. The molecule has 0 aliphatic carbocycles. The Morgan fingerprint density at radius 2 is 2.17 bits per heavy atom. The van der Waals surface area contributed by atoms with Gasteiger partial charge in [-0.3, -0.25) is 0 Å². The second-order valence-electron chi connectivity index (χ2n) is 4.89. The Bertz CT molecular complexity index is 806. The molecule has 0 bridgehead atoms. The van der Waals surface area contributed by atoms with Crippen molar-refractivity contribution in [3.63, 3.8) is 0 Å². The molecule has 0 aliphatic heterocycles. The number of nitrogen functional groups attached to an aromatic ring is 1. The van der Waals surface area contributed by atoms with Crippen molar-refractivity contribution < 1.29 is 9.15 Å². The maximum atomic E-state index is 6.07. The average Bonchev–Trinajstić information content (AvgIpc) is 3.05. The number of furan rings is 1. The molecular formula is C16H15ClN4O2. The smallest absolute Gasteiger partial charge is 0.248 e. The zero-order chi connectivity index (χ0) is 16.2. The van der Waals surface area contributed by atoms with Gasteiger partial charge in [-0.05, 0) is 42.8 Å². The van der Waals surface area contributed by atoms with Gasteiger partial charge in [-0.25, -0.2) is 4.98 Å². The molecule has 3 N–H and O–H groups in total. The van der Waals surface area contributed by atoms with Gasteiger partial charge in [0.15, 0.2) is 5.82 Å². The molecule has 7 heteroatoms. The highest BCUT2D eigenvalue weighted by Crippen LogP contribution is 2.31. The minimum Gasteiger partial charge on any atom is -0.467 e. The molecule has 0 radical (unpaired) electrons. The number of benzene rings is 1. The van der Waals surface area contributed by atoms with E-state index in [9.17, 15) is 0 Å². The van der Waals surface area contributed by atoms with E-state index in [2.05, 4.69) is 15.3 Å². The number of nitrogens with one attached hydrogen (secondary N) is 1. The first-order valence-electron chi connectivity index (χ1n) is 6.94. The molecule has 2 heterocycles. The normalized spacial score (nSPS) is 10.5. The summed E-state index contributed by atoms with van der Waals surface area (Å²) in [5.41, 5.74) is 7.31. The molecule has 2 aromatic heterocycles. The van der Waals surface area contributed by atoms with E-state index in [1.54, 1.807) is 18.4 Å². The molecule has 0 fully saturated rings. The lowest BCUT2D eigenvalue weighted by molar-refractivity contribution is 0.464. The summed E-state index contributed by atoms with van der Waals surface area (Å²) < 4.78 is 11.0. The second kappa shape index (κ2) is 6.58. The van der Waals surface area contributed by atoms with Gasteiger partial charge in [-0.2, -0.15) is 4.98 Å². The zero-order valence-electron chi connectivity index (χ0n) is 12.4. The van der Waals surface area contributed by atoms with Crippen LogP contribution in [0.4, 0.5) is 11.5 Å². The first kappa shape index (κ1) is 15.2. The van der Waals surface area contributed by atoms with E-state index in [4.69, 9.17) is 26.5 Å². The van der Waals surface area contributed by atoms with Crippen LogP contribution in [0.15, 0.2) is 47.3 Å². The van der Waals surface area contributed by atoms with Crippen molar-refractivity contribution in [1.29, 1.82) is 0 Å². The number of nitrogens with zero attached hydrogens (tertiary/aromatic N) is 2. The van der Waals surface area contributed by atoms with Crippen molar-refractivity contribution in [2.45, 2.75) is 13.5 Å². The second-order valence-corrected chi connectivity index (χ2v) is 5.29. The van der Waals surface area contributed by atoms with Gasteiger partial charge in [-0.1, -0.05) is 11.6 Å². The van der Waals surface area contributed by atoms with Crippen LogP contribution in [0.25, 0.3) is 0 Å². The number of aromatic nitrogens is 2. The van der Waals surface area contributed by atoms with E-state index < -0.39 is 0 Å². The summed E-state index contributed by atoms with van der Waals surface area (Å²) in [6, 6.07) is 9.02. The number of nitrogens with two attached hydrogens (primary N) is 1. The summed E-state index contributed by atoms with van der Waals surface area (Å²) >= 11 is 6.01. The fraction of sp³-hybridized carbons (Fsp3) is 0.125. The third kappa shape index (κ3) is 3.54. The Morgan fingerprint density at radius 3 is 2.91 bits per heavy atom. The molecule has 0 spiro atoms. The van der Waals surface area contributed by atoms with Gasteiger partial charge in [-0.15, -0.1) is 0 Å². The van der Waals surface area contributed by atoms with Crippen LogP contribution in [-0.2, 0) is 6.54 Å². The number of hydrogen-bond acceptors (Lipinski definition) is 6. The molecule has 0 amide bonds. The minimum absolute atomic E-state index is 0.281. The molecule has 1 aromatic carbocycles. The van der Waals surface area contributed by atoms with Crippen LogP contribution in [0, 0.1) is 6.92 Å². The van der Waals surface area contributed by atoms with Crippen LogP contribution < -0.4 is 15.8 Å². The highest BCUT2D eigenvalue weighted by Gasteiger charge is 2.11. The Kier molecular flexibility index (Phi) is 4.34. The SMILES string of the molecule is Cc1cc(Oc2ncnc(NCc3ccco3)c2N)ccc1Cl. The van der Waals surface area contributed by atoms with Crippen LogP contribution >= 0.6 is 11.6 Å². The molecule has 0 aliphatic rings. The van der Waals surface area contributed by atoms with Gasteiger partial charge in [0.2, 0.25) is 5.88 Å². The molecule has 118 valence electrons. The summed E-state index contributed by atoms with van der Waals surface area (Å²) in [5.74, 6) is 2.15. The molecule has 3 rings (SSSR count). The van der Waals surface area contributed by atoms with E-state index in [0.29, 0.717) is 28.8 Å². The fourth-order valence-corrected chi connectivity index (χ4v) is 2.10. The van der Waals surface area contributed by atoms with Gasteiger partial charge < -0.3 is 20.2 Å². The summed E-state index contributed by atoms with van der Waals surface area (Å²) in [7, 11) is 0. The van der Waals surface area contributed by atoms with E-state index in [-0.39, 0.29) is 5.88 Å². The van der Waals surface area contributed by atoms with E-state index >= 15 is 0 Å². The highest BCUT2D eigenvalue weighted by molar-refractivity contribution is 6.31. The van der Waals surface area contributed by atoms with Crippen molar-refractivity contribution >= 4 is 23.1 Å². The average molecular weight is 331 g/mol. The maximum Gasteiger partial charge on any atom is 0.248 e. The third-order valence-corrected chi connectivity index (χ3v) is 3.63. The first-order chi connectivity index (χ1) is 11.1. The lowest BCUT2D eigenvalue weighted by atomic mass is 10.2. The highest BCUT2D eigenvalue weighted by atomic mass is 35.5. The molecule has 0 saturated carbocycles. The summed E-state index contributed by atoms with van der Waals surface area (Å²) in [6.07, 6.45) is 3.00. The summed E-state index contributed by atoms with van der Waals surface area (Å²) in [6.45, 7) is 2.36. The Morgan fingerprint density at radius 1 is 1.30 bits per heavy atom. The predicted octanol–water partition coefficient (Wildman–Crippen LogP) is 4.02. The zero-order valence-corrected chi connectivity index (χ0v) is 13.2. The van der Waals surface area contributed by atoms with Crippen LogP contribution in [0.1, 0.15) is 11.3 Å². The van der Waals surface area contributed by atoms with Crippen molar-refractivity contribution in [2.75, 3.05) is 11.1 Å². The fourth-order valence-electron chi connectivity index (χ4n) is 1.98. The molecule has 0 saturated heterocycles. The maximum absolute atomic E-state index is 6.07. The number of rotatable bonds is 5.